The second-order valence-corrected chi connectivity index (χ2v) is 7.36. The van der Waals surface area contributed by atoms with Gasteiger partial charge < -0.3 is 5.32 Å². The molecule has 25 heavy (non-hydrogen) atoms. The first kappa shape index (κ1) is 17.1. The molecule has 0 spiro atoms. The maximum atomic E-state index is 13.6. The number of benzene rings is 2. The molecule has 1 aliphatic heterocycles. The van der Waals surface area contributed by atoms with Crippen molar-refractivity contribution in [1.29, 1.82) is 0 Å². The molecule has 130 valence electrons. The number of fused-ring (bicyclic) bond motifs is 1. The Bertz CT molecular complexity index is 986. The van der Waals surface area contributed by atoms with Crippen molar-refractivity contribution in [2.75, 3.05) is 5.32 Å². The summed E-state index contributed by atoms with van der Waals surface area (Å²) in [5.74, 6) is -0.776. The molecule has 0 bridgehead atoms. The minimum absolute atomic E-state index is 0.119. The number of anilines is 1. The Kier molecular flexibility index (Phi) is 4.30. The van der Waals surface area contributed by atoms with Crippen LogP contribution in [0.3, 0.4) is 0 Å². The molecule has 2 N–H and O–H groups in total. The molecule has 6 nitrogen and oxygen atoms in total. The quantitative estimate of drug-likeness (QED) is 0.878. The predicted molar refractivity (Wildman–Crippen MR) is 92.5 cm³/mol. The van der Waals surface area contributed by atoms with Gasteiger partial charge in [0, 0.05) is 11.3 Å². The highest BCUT2D eigenvalue weighted by molar-refractivity contribution is 7.90. The van der Waals surface area contributed by atoms with Crippen LogP contribution in [-0.4, -0.2) is 26.2 Å². The first-order valence-corrected chi connectivity index (χ1v) is 9.03. The van der Waals surface area contributed by atoms with E-state index in [4.69, 9.17) is 0 Å². The Labute approximate surface area is 144 Å². The Balaban J connectivity index is 1.82. The summed E-state index contributed by atoms with van der Waals surface area (Å²) >= 11 is 0. The summed E-state index contributed by atoms with van der Waals surface area (Å²) in [6.45, 7) is 3.15. The average Bonchev–Trinajstić information content (AvgIpc) is 2.82. The van der Waals surface area contributed by atoms with Crippen molar-refractivity contribution in [3.8, 4) is 0 Å². The fourth-order valence-corrected chi connectivity index (χ4v) is 3.64. The van der Waals surface area contributed by atoms with E-state index in [-0.39, 0.29) is 10.7 Å². The van der Waals surface area contributed by atoms with Gasteiger partial charge in [-0.1, -0.05) is 18.2 Å². The normalized spacial score (nSPS) is 17.6. The number of nitrogens with zero attached hydrogens (tertiary/aromatic N) is 1. The van der Waals surface area contributed by atoms with Crippen molar-refractivity contribution in [3.05, 3.63) is 59.4 Å². The zero-order chi connectivity index (χ0) is 18.2. The molecule has 0 aliphatic carbocycles. The van der Waals surface area contributed by atoms with Gasteiger partial charge in [0.2, 0.25) is 5.91 Å². The van der Waals surface area contributed by atoms with Crippen molar-refractivity contribution in [2.24, 2.45) is 4.99 Å². The van der Waals surface area contributed by atoms with E-state index in [2.05, 4.69) is 15.0 Å². The molecule has 0 unspecified atom stereocenters. The van der Waals surface area contributed by atoms with Gasteiger partial charge in [-0.25, -0.2) is 12.8 Å². The Morgan fingerprint density at radius 3 is 2.68 bits per heavy atom. The van der Waals surface area contributed by atoms with Crippen molar-refractivity contribution in [1.82, 2.24) is 4.72 Å². The number of carbonyl (C=O) groups excluding carboxylic acids is 1. The smallest absolute Gasteiger partial charge is 0.263 e. The molecule has 2 aromatic carbocycles. The monoisotopic (exact) mass is 361 g/mol. The maximum absolute atomic E-state index is 13.6. The maximum Gasteiger partial charge on any atom is 0.263 e. The lowest BCUT2D eigenvalue weighted by Gasteiger charge is -2.10. The number of rotatable bonds is 3. The van der Waals surface area contributed by atoms with Crippen LogP contribution in [0.15, 0.2) is 52.4 Å². The molecule has 0 saturated carbocycles. The summed E-state index contributed by atoms with van der Waals surface area (Å²) in [6.07, 6.45) is 0. The molecule has 1 atom stereocenters. The first-order chi connectivity index (χ1) is 11.8. The van der Waals surface area contributed by atoms with Gasteiger partial charge in [0.25, 0.3) is 10.0 Å². The Hall–Kier alpha value is -2.74. The van der Waals surface area contributed by atoms with Crippen LogP contribution in [0.25, 0.3) is 0 Å². The molecule has 0 radical (unpaired) electrons. The van der Waals surface area contributed by atoms with Crippen LogP contribution in [0, 0.1) is 12.7 Å². The number of halogens is 1. The van der Waals surface area contributed by atoms with Crippen LogP contribution in [-0.2, 0) is 14.8 Å². The average molecular weight is 361 g/mol. The minimum Gasteiger partial charge on any atom is -0.324 e. The van der Waals surface area contributed by atoms with Crippen molar-refractivity contribution in [3.63, 3.8) is 0 Å². The van der Waals surface area contributed by atoms with E-state index in [1.165, 1.54) is 19.1 Å². The second-order valence-electron chi connectivity index (χ2n) is 5.71. The number of sulfonamides is 1. The highest BCUT2D eigenvalue weighted by Gasteiger charge is 2.31. The Morgan fingerprint density at radius 1 is 1.24 bits per heavy atom. The first-order valence-electron chi connectivity index (χ1n) is 7.55. The highest BCUT2D eigenvalue weighted by atomic mass is 32.2. The van der Waals surface area contributed by atoms with Crippen molar-refractivity contribution < 1.29 is 17.6 Å². The lowest BCUT2D eigenvalue weighted by Crippen LogP contribution is -2.28. The van der Waals surface area contributed by atoms with Crippen LogP contribution in [0.1, 0.15) is 18.1 Å². The number of amides is 1. The van der Waals surface area contributed by atoms with E-state index in [0.29, 0.717) is 16.8 Å². The molecule has 3 rings (SSSR count). The summed E-state index contributed by atoms with van der Waals surface area (Å²) in [7, 11) is -3.66. The van der Waals surface area contributed by atoms with Gasteiger partial charge >= 0.3 is 0 Å². The van der Waals surface area contributed by atoms with Gasteiger partial charge in [-0.05, 0) is 43.7 Å². The van der Waals surface area contributed by atoms with Gasteiger partial charge in [-0.3, -0.25) is 14.5 Å². The summed E-state index contributed by atoms with van der Waals surface area (Å²) in [4.78, 5) is 16.5. The predicted octanol–water partition coefficient (Wildman–Crippen LogP) is 2.20. The molecular formula is C17H16FN3O3S. The van der Waals surface area contributed by atoms with Crippen LogP contribution in [0.5, 0.6) is 0 Å². The zero-order valence-electron chi connectivity index (χ0n) is 13.6. The van der Waals surface area contributed by atoms with E-state index < -0.39 is 27.8 Å². The highest BCUT2D eigenvalue weighted by Crippen LogP contribution is 2.22. The van der Waals surface area contributed by atoms with Gasteiger partial charge in [-0.15, -0.1) is 0 Å². The zero-order valence-corrected chi connectivity index (χ0v) is 14.4. The van der Waals surface area contributed by atoms with Gasteiger partial charge in [0.15, 0.2) is 0 Å². The lowest BCUT2D eigenvalue weighted by molar-refractivity contribution is -0.117. The third-order valence-corrected chi connectivity index (χ3v) is 5.20. The van der Waals surface area contributed by atoms with Crippen LogP contribution in [0.4, 0.5) is 10.1 Å². The van der Waals surface area contributed by atoms with E-state index in [9.17, 15) is 17.6 Å². The van der Waals surface area contributed by atoms with E-state index >= 15 is 0 Å². The van der Waals surface area contributed by atoms with Crippen molar-refractivity contribution >= 4 is 27.5 Å². The number of nitrogens with one attached hydrogen (secondary N) is 2. The molecule has 0 fully saturated rings. The van der Waals surface area contributed by atoms with Gasteiger partial charge in [-0.2, -0.15) is 0 Å². The fraction of sp³-hybridized carbons (Fsp3) is 0.176. The molecule has 0 saturated heterocycles. The topological polar surface area (TPSA) is 87.6 Å². The number of hydrogen-bond donors (Lipinski definition) is 2. The van der Waals surface area contributed by atoms with E-state index in [1.807, 2.05) is 0 Å². The molecule has 1 heterocycles. The minimum atomic E-state index is -3.66. The molecule has 8 heteroatoms. The SMILES string of the molecule is Cc1ccc(NC(=O)[C@H](C)N=C2NS(=O)(=O)c3ccccc32)cc1F. The standard InChI is InChI=1S/C17H16FN3O3S/c1-10-7-8-12(9-14(10)18)20-17(22)11(2)19-16-13-5-3-4-6-15(13)25(23,24)21-16/h3-9,11H,1-2H3,(H,19,21)(H,20,22)/t11-/m0/s1. The molecule has 1 amide bonds. The number of aliphatic imine (C=N–C) groups is 1. The third kappa shape index (κ3) is 3.39. The molecule has 2 aromatic rings. The van der Waals surface area contributed by atoms with Crippen molar-refractivity contribution in [2.45, 2.75) is 24.8 Å². The van der Waals surface area contributed by atoms with Crippen LogP contribution < -0.4 is 10.0 Å². The summed E-state index contributed by atoms with van der Waals surface area (Å²) in [5.41, 5.74) is 1.21. The molecule has 0 aromatic heterocycles. The fourth-order valence-electron chi connectivity index (χ4n) is 2.40. The van der Waals surface area contributed by atoms with Crippen LogP contribution in [0.2, 0.25) is 0 Å². The molecule has 1 aliphatic rings. The van der Waals surface area contributed by atoms with Gasteiger partial charge in [0.05, 0.1) is 4.90 Å². The summed E-state index contributed by atoms with van der Waals surface area (Å²) in [5, 5.41) is 2.57. The third-order valence-electron chi connectivity index (χ3n) is 3.80. The van der Waals surface area contributed by atoms with Gasteiger partial charge in [0.1, 0.15) is 17.7 Å². The van der Waals surface area contributed by atoms with E-state index in [0.717, 1.165) is 0 Å². The summed E-state index contributed by atoms with van der Waals surface area (Å²) in [6, 6.07) is 9.90. The van der Waals surface area contributed by atoms with Crippen LogP contribution >= 0.6 is 0 Å². The van der Waals surface area contributed by atoms with E-state index in [1.54, 1.807) is 37.3 Å². The number of hydrogen-bond acceptors (Lipinski definition) is 4. The largest absolute Gasteiger partial charge is 0.324 e. The second kappa shape index (κ2) is 6.29. The molecular weight excluding hydrogens is 345 g/mol. The number of amidine groups is 1. The lowest BCUT2D eigenvalue weighted by atomic mass is 10.2. The number of aryl methyl sites for hydroxylation is 1. The Morgan fingerprint density at radius 2 is 1.96 bits per heavy atom. The summed E-state index contributed by atoms with van der Waals surface area (Å²) < 4.78 is 40.0. The number of carbonyl (C=O) groups is 1.